The molecule has 0 radical (unpaired) electrons. The summed E-state index contributed by atoms with van der Waals surface area (Å²) in [7, 11) is 0. The molecule has 0 aromatic heterocycles. The number of ketones is 1. The zero-order valence-corrected chi connectivity index (χ0v) is 24.4. The van der Waals surface area contributed by atoms with Crippen LogP contribution in [-0.4, -0.2) is 66.2 Å². The lowest BCUT2D eigenvalue weighted by Crippen LogP contribution is -2.60. The highest BCUT2D eigenvalue weighted by molar-refractivity contribution is 6.38. The van der Waals surface area contributed by atoms with E-state index < -0.39 is 29.8 Å². The van der Waals surface area contributed by atoms with E-state index in [1.54, 1.807) is 4.90 Å². The number of Topliss-reactive ketones (excluding diaryl/α,β-unsaturated/α-hetero) is 1. The Bertz CT molecular complexity index is 1060. The monoisotopic (exact) mass is 538 g/mol. The minimum atomic E-state index is -0.937. The van der Waals surface area contributed by atoms with Crippen molar-refractivity contribution >= 4 is 23.5 Å². The maximum Gasteiger partial charge on any atom is 0.289 e. The van der Waals surface area contributed by atoms with Crippen molar-refractivity contribution in [3.63, 3.8) is 0 Å². The minimum absolute atomic E-state index is 0.0124. The summed E-state index contributed by atoms with van der Waals surface area (Å²) >= 11 is 0. The molecule has 5 atom stereocenters. The first kappa shape index (κ1) is 30.5. The molecule has 1 aliphatic carbocycles. The van der Waals surface area contributed by atoms with E-state index in [9.17, 15) is 19.2 Å². The molecule has 2 fully saturated rings. The number of amides is 3. The number of fused-ring (bicyclic) bond motifs is 1. The van der Waals surface area contributed by atoms with Crippen LogP contribution in [-0.2, 0) is 25.6 Å². The van der Waals surface area contributed by atoms with Crippen LogP contribution >= 0.6 is 0 Å². The molecule has 2 aliphatic rings. The third kappa shape index (κ3) is 6.96. The highest BCUT2D eigenvalue weighted by Gasteiger charge is 2.69. The van der Waals surface area contributed by atoms with E-state index in [4.69, 9.17) is 0 Å². The van der Waals surface area contributed by atoms with Crippen LogP contribution < -0.4 is 16.0 Å². The lowest BCUT2D eigenvalue weighted by Gasteiger charge is -2.38. The summed E-state index contributed by atoms with van der Waals surface area (Å²) in [6.07, 6.45) is 3.25. The summed E-state index contributed by atoms with van der Waals surface area (Å²) in [5.41, 5.74) is 0.749. The fraction of sp³-hybridized carbons (Fsp3) is 0.613. The van der Waals surface area contributed by atoms with E-state index in [1.165, 1.54) is 11.6 Å². The van der Waals surface area contributed by atoms with E-state index in [0.717, 1.165) is 6.42 Å². The van der Waals surface area contributed by atoms with Gasteiger partial charge >= 0.3 is 0 Å². The van der Waals surface area contributed by atoms with Gasteiger partial charge in [0, 0.05) is 13.1 Å². The fourth-order valence-corrected chi connectivity index (χ4v) is 5.97. The van der Waals surface area contributed by atoms with Gasteiger partial charge in [0.05, 0.1) is 12.1 Å². The summed E-state index contributed by atoms with van der Waals surface area (Å²) in [5, 5.41) is 8.82. The van der Waals surface area contributed by atoms with Crippen LogP contribution in [0.1, 0.15) is 59.9 Å². The summed E-state index contributed by atoms with van der Waals surface area (Å²) in [6, 6.07) is 8.03. The molecule has 1 aliphatic heterocycles. The average Bonchev–Trinajstić information content (AvgIpc) is 3.21. The molecule has 3 rings (SSSR count). The zero-order chi connectivity index (χ0) is 29.0. The maximum absolute atomic E-state index is 14.0. The van der Waals surface area contributed by atoms with Gasteiger partial charge in [-0.3, -0.25) is 19.2 Å². The van der Waals surface area contributed by atoms with Gasteiger partial charge in [-0.2, -0.15) is 0 Å². The van der Waals surface area contributed by atoms with E-state index in [0.29, 0.717) is 25.9 Å². The van der Waals surface area contributed by atoms with Gasteiger partial charge in [-0.1, -0.05) is 84.4 Å². The number of likely N-dealkylation sites (tertiary alicyclic amines) is 1. The van der Waals surface area contributed by atoms with Crippen LogP contribution in [0.3, 0.4) is 0 Å². The van der Waals surface area contributed by atoms with Crippen molar-refractivity contribution in [3.05, 3.63) is 48.6 Å². The molecule has 8 nitrogen and oxygen atoms in total. The Morgan fingerprint density at radius 1 is 1.15 bits per heavy atom. The van der Waals surface area contributed by atoms with Crippen LogP contribution in [0.5, 0.6) is 0 Å². The predicted octanol–water partition coefficient (Wildman–Crippen LogP) is 2.87. The van der Waals surface area contributed by atoms with Gasteiger partial charge in [-0.25, -0.2) is 0 Å². The van der Waals surface area contributed by atoms with Gasteiger partial charge < -0.3 is 20.9 Å². The summed E-state index contributed by atoms with van der Waals surface area (Å²) < 4.78 is 0. The number of nitrogens with one attached hydrogen (secondary N) is 3. The van der Waals surface area contributed by atoms with Crippen molar-refractivity contribution in [1.82, 2.24) is 20.9 Å². The van der Waals surface area contributed by atoms with Crippen molar-refractivity contribution in [2.75, 3.05) is 19.6 Å². The second-order valence-electron chi connectivity index (χ2n) is 12.6. The summed E-state index contributed by atoms with van der Waals surface area (Å²) in [6.45, 7) is 17.1. The molecule has 8 heteroatoms. The number of carbonyl (C=O) groups is 4. The SMILES string of the molecule is C=CCNC(=O)C(=O)C(CCC)NC(=O)C1C2C(CN1C(=O)C(NCCc1ccccc1)C(C)(C)C)C2(C)C. The van der Waals surface area contributed by atoms with Crippen LogP contribution in [0.15, 0.2) is 43.0 Å². The van der Waals surface area contributed by atoms with Crippen LogP contribution in [0, 0.1) is 22.7 Å². The van der Waals surface area contributed by atoms with E-state index in [2.05, 4.69) is 48.5 Å². The van der Waals surface area contributed by atoms with Gasteiger partial charge in [-0.15, -0.1) is 6.58 Å². The maximum atomic E-state index is 14.0. The smallest absolute Gasteiger partial charge is 0.289 e. The van der Waals surface area contributed by atoms with E-state index >= 15 is 0 Å². The van der Waals surface area contributed by atoms with Gasteiger partial charge in [0.1, 0.15) is 6.04 Å². The zero-order valence-electron chi connectivity index (χ0n) is 24.4. The highest BCUT2D eigenvalue weighted by Crippen LogP contribution is 2.65. The van der Waals surface area contributed by atoms with Crippen LogP contribution in [0.4, 0.5) is 0 Å². The van der Waals surface area contributed by atoms with Crippen molar-refractivity contribution in [2.24, 2.45) is 22.7 Å². The minimum Gasteiger partial charge on any atom is -0.346 e. The molecule has 214 valence electrons. The quantitative estimate of drug-likeness (QED) is 0.264. The standard InChI is InChI=1S/C31H46N4O4/c1-8-13-22(25(36)28(38)33-17-9-2)34-27(37)24-23-21(31(23,6)7)19-35(24)29(39)26(30(3,4)5)32-18-16-20-14-11-10-12-15-20/h9-12,14-15,21-24,26,32H,2,8,13,16-19H2,1,3-7H3,(H,33,38)(H,34,37). The number of nitrogens with zero attached hydrogens (tertiary/aromatic N) is 1. The van der Waals surface area contributed by atoms with E-state index in [-0.39, 0.29) is 41.0 Å². The highest BCUT2D eigenvalue weighted by atomic mass is 16.2. The molecule has 3 N–H and O–H groups in total. The molecular weight excluding hydrogens is 492 g/mol. The normalized spacial score (nSPS) is 22.8. The number of hydrogen-bond donors (Lipinski definition) is 3. The van der Waals surface area contributed by atoms with Crippen molar-refractivity contribution < 1.29 is 19.2 Å². The Hall–Kier alpha value is -3.00. The molecule has 1 heterocycles. The molecule has 5 unspecified atom stereocenters. The Morgan fingerprint density at radius 2 is 1.82 bits per heavy atom. The first-order valence-electron chi connectivity index (χ1n) is 14.2. The largest absolute Gasteiger partial charge is 0.346 e. The molecule has 1 aromatic rings. The third-order valence-corrected chi connectivity index (χ3v) is 8.32. The van der Waals surface area contributed by atoms with E-state index in [1.807, 2.05) is 45.9 Å². The molecular formula is C31H46N4O4. The molecule has 3 amide bonds. The number of carbonyl (C=O) groups excluding carboxylic acids is 4. The second-order valence-corrected chi connectivity index (χ2v) is 12.6. The van der Waals surface area contributed by atoms with Crippen LogP contribution in [0.25, 0.3) is 0 Å². The third-order valence-electron chi connectivity index (χ3n) is 8.32. The molecule has 1 aromatic carbocycles. The average molecular weight is 539 g/mol. The first-order valence-corrected chi connectivity index (χ1v) is 14.2. The first-order chi connectivity index (χ1) is 18.3. The number of rotatable bonds is 13. The van der Waals surface area contributed by atoms with Crippen LogP contribution in [0.2, 0.25) is 0 Å². The predicted molar refractivity (Wildman–Crippen MR) is 153 cm³/mol. The lowest BCUT2D eigenvalue weighted by atomic mass is 9.85. The Kier molecular flexibility index (Phi) is 9.75. The Balaban J connectivity index is 1.77. The fourth-order valence-electron chi connectivity index (χ4n) is 5.97. The number of hydrogen-bond acceptors (Lipinski definition) is 5. The molecule has 1 saturated heterocycles. The van der Waals surface area contributed by atoms with Gasteiger partial charge in [0.2, 0.25) is 17.6 Å². The van der Waals surface area contributed by atoms with Crippen molar-refractivity contribution in [1.29, 1.82) is 0 Å². The number of piperidine rings is 1. The molecule has 0 spiro atoms. The Labute approximate surface area is 233 Å². The summed E-state index contributed by atoms with van der Waals surface area (Å²) in [5.74, 6) is -1.64. The molecule has 1 saturated carbocycles. The topological polar surface area (TPSA) is 108 Å². The van der Waals surface area contributed by atoms with Crippen molar-refractivity contribution in [3.8, 4) is 0 Å². The second kappa shape index (κ2) is 12.5. The van der Waals surface area contributed by atoms with Gasteiger partial charge in [-0.05, 0) is 47.6 Å². The lowest BCUT2D eigenvalue weighted by molar-refractivity contribution is -0.145. The molecule has 0 bridgehead atoms. The molecule has 39 heavy (non-hydrogen) atoms. The van der Waals surface area contributed by atoms with Gasteiger partial charge in [0.15, 0.2) is 0 Å². The summed E-state index contributed by atoms with van der Waals surface area (Å²) in [4.78, 5) is 54.7. The Morgan fingerprint density at radius 3 is 2.41 bits per heavy atom. The van der Waals surface area contributed by atoms with Crippen molar-refractivity contribution in [2.45, 2.75) is 78.9 Å². The van der Waals surface area contributed by atoms with Gasteiger partial charge in [0.25, 0.3) is 5.91 Å². The number of benzene rings is 1.